The van der Waals surface area contributed by atoms with Crippen molar-refractivity contribution in [1.82, 2.24) is 50.7 Å². The predicted molar refractivity (Wildman–Crippen MR) is 454 cm³/mol. The van der Waals surface area contributed by atoms with Crippen LogP contribution in [-0.2, 0) is 83.7 Å². The molecule has 16 rings (SSSR count). The molecule has 6 unspecified atom stereocenters. The van der Waals surface area contributed by atoms with Crippen LogP contribution in [0.25, 0.3) is 0 Å². The van der Waals surface area contributed by atoms with Gasteiger partial charge in [-0.05, 0) is 109 Å². The lowest BCUT2D eigenvalue weighted by atomic mass is 10.0. The van der Waals surface area contributed by atoms with Crippen LogP contribution in [0.2, 0.25) is 0 Å². The van der Waals surface area contributed by atoms with Crippen LogP contribution >= 0.6 is 0 Å². The Morgan fingerprint density at radius 2 is 0.477 bits per heavy atom. The molecular weight excluding hydrogens is 1710 g/mol. The molecule has 6 atom stereocenters. The average Bonchev–Trinajstić information content (AvgIpc) is 1.61. The van der Waals surface area contributed by atoms with Crippen molar-refractivity contribution in [3.05, 3.63) is 212 Å². The van der Waals surface area contributed by atoms with Crippen molar-refractivity contribution in [1.29, 1.82) is 0 Å². The summed E-state index contributed by atoms with van der Waals surface area (Å²) < 4.78 is 0. The molecule has 702 valence electrons. The molecule has 0 bridgehead atoms. The third-order valence-corrected chi connectivity index (χ3v) is 19.9. The van der Waals surface area contributed by atoms with Crippen LogP contribution in [0, 0.1) is 0 Å². The second-order valence-corrected chi connectivity index (χ2v) is 26.9. The summed E-state index contributed by atoms with van der Waals surface area (Å²) in [5.41, 5.74) is 6.92. The molecule has 4 saturated heterocycles. The summed E-state index contributed by atoms with van der Waals surface area (Å²) in [4.78, 5) is 240. The van der Waals surface area contributed by atoms with E-state index in [2.05, 4.69) is 21.3 Å². The van der Waals surface area contributed by atoms with Crippen molar-refractivity contribution in [3.8, 4) is 0 Å². The third kappa shape index (κ3) is 28.3. The number of carbonyl (C=O) groups excluding carboxylic acids is 16. The van der Waals surface area contributed by atoms with E-state index < -0.39 is 95.6 Å². The Labute approximate surface area is 744 Å². The zero-order valence-electron chi connectivity index (χ0n) is 72.3. The number of hydrogen-bond acceptors (Lipinski definition) is 29. The largest absolute Gasteiger partial charge is 0.481 e. The summed E-state index contributed by atoms with van der Waals surface area (Å²) in [6, 6.07) is 36.3. The normalized spacial score (nSPS) is 17.8. The minimum atomic E-state index is -1.18. The van der Waals surface area contributed by atoms with Gasteiger partial charge in [0.15, 0.2) is 0 Å². The number of rotatable bonds is 14. The first-order chi connectivity index (χ1) is 62.5. The molecule has 0 saturated carbocycles. The van der Waals surface area contributed by atoms with Gasteiger partial charge in [-0.3, -0.25) is 117 Å². The molecule has 10 aliphatic rings. The molecule has 130 heavy (non-hydrogen) atoms. The number of carboxylic acid groups (broad SMARTS) is 4. The summed E-state index contributed by atoms with van der Waals surface area (Å²) in [5, 5.41) is 107. The summed E-state index contributed by atoms with van der Waals surface area (Å²) in [6.45, 7) is 1.32. The minimum absolute atomic E-state index is 0.0929. The van der Waals surface area contributed by atoms with Crippen molar-refractivity contribution in [3.63, 3.8) is 0 Å². The number of benzene rings is 6. The van der Waals surface area contributed by atoms with E-state index in [1.54, 1.807) is 119 Å². The highest BCUT2D eigenvalue weighted by molar-refractivity contribution is 6.24. The van der Waals surface area contributed by atoms with Gasteiger partial charge in [0.1, 0.15) is 36.3 Å². The zero-order valence-corrected chi connectivity index (χ0v) is 72.3. The molecule has 0 spiro atoms. The van der Waals surface area contributed by atoms with Gasteiger partial charge in [0, 0.05) is 151 Å². The highest BCUT2D eigenvalue weighted by Gasteiger charge is 2.48. The van der Waals surface area contributed by atoms with Gasteiger partial charge in [0.25, 0.3) is 47.3 Å². The van der Waals surface area contributed by atoms with Gasteiger partial charge in [-0.25, -0.2) is 9.59 Å². The lowest BCUT2D eigenvalue weighted by Crippen LogP contribution is -2.54. The van der Waals surface area contributed by atoms with E-state index in [1.807, 2.05) is 36.4 Å². The Hall–Kier alpha value is -14.4. The molecule has 43 heteroatoms. The van der Waals surface area contributed by atoms with Gasteiger partial charge in [-0.2, -0.15) is 0 Å². The fourth-order valence-electron chi connectivity index (χ4n) is 14.3. The van der Waals surface area contributed by atoms with Gasteiger partial charge in [-0.1, -0.05) is 97.1 Å². The third-order valence-electron chi connectivity index (χ3n) is 19.9. The van der Waals surface area contributed by atoms with Crippen LogP contribution < -0.4 is 21.3 Å². The van der Waals surface area contributed by atoms with Crippen LogP contribution in [-0.4, -0.2) is 314 Å². The van der Waals surface area contributed by atoms with E-state index in [0.717, 1.165) is 96.0 Å². The molecule has 43 nitrogen and oxygen atoms in total. The Morgan fingerprint density at radius 3 is 0.677 bits per heavy atom. The van der Waals surface area contributed by atoms with E-state index in [-0.39, 0.29) is 136 Å². The average molecular weight is 1820 g/mol. The van der Waals surface area contributed by atoms with Gasteiger partial charge in [-0.15, -0.1) is 0 Å². The molecule has 0 aliphatic carbocycles. The molecule has 17 N–H and O–H groups in total. The fourth-order valence-corrected chi connectivity index (χ4v) is 14.3. The van der Waals surface area contributed by atoms with Crippen molar-refractivity contribution in [2.24, 2.45) is 0 Å². The summed E-state index contributed by atoms with van der Waals surface area (Å²) >= 11 is 0. The first-order valence-corrected chi connectivity index (χ1v) is 39.3. The number of aliphatic hydroxyl groups excluding tert-OH is 9. The molecular formula is C87H106N10O33. The SMILES string of the molecule is CO.CO.CO.CO.CO.CO.CO.CO.CO.O=C(O)CCC(C(=O)O)N1Cc2ccccc2C1=O.O=C(O)CCC(C(=O)O)N1Cc2ccccc2C1=O.O=C1CCC(N2C(=O)c3ccccc3C2=O)C(=O)N1.O=C1CCC(N2C(=O)c3ccccc3C2=O)C(=O)N1.O=C1CCC(N2Cc3ccccc3C2=O)C(=O)N1.O=C1CCC(N2Cc3ccccc3C2=O)C(=O)N1. The first kappa shape index (κ1) is 112. The number of carbonyl (C=O) groups is 20. The highest BCUT2D eigenvalue weighted by Crippen LogP contribution is 2.33. The predicted octanol–water partition coefficient (Wildman–Crippen LogP) is -0.532. The van der Waals surface area contributed by atoms with Gasteiger partial charge in [0.05, 0.1) is 22.3 Å². The van der Waals surface area contributed by atoms with Gasteiger partial charge in [0.2, 0.25) is 47.3 Å². The smallest absolute Gasteiger partial charge is 0.326 e. The maximum Gasteiger partial charge on any atom is 0.326 e. The van der Waals surface area contributed by atoms with E-state index in [9.17, 15) is 95.9 Å². The molecule has 0 radical (unpaired) electrons. The fraction of sp³-hybridized carbons (Fsp3) is 0.356. The number of carboxylic acids is 4. The standard InChI is InChI=1S/2C13H10N2O4.2C13H12N2O3.2C13H13NO5.9CH4O/c2*16-10-6-5-9(11(17)14-10)15-12(18)7-3-1-2-4-8(7)13(15)19;2*16-11-6-5-10(12(17)14-11)15-7-8-3-1-2-4-9(8)13(15)18;2*15-11(16)6-5-10(13(18)19)14-7-8-3-1-2-4-9(8)12(14)17;9*1-2/h2*1-4,9H,5-6H2,(H,14,16,17);2*1-4,10H,5-7H2,(H,14,16,17);2*1-4,10H,5-7H2,(H,15,16)(H,18,19);9*2H,1H3. The van der Waals surface area contributed by atoms with Crippen LogP contribution in [0.1, 0.15) is 182 Å². The van der Waals surface area contributed by atoms with Crippen LogP contribution in [0.3, 0.4) is 0 Å². The van der Waals surface area contributed by atoms with Crippen molar-refractivity contribution >= 4 is 118 Å². The second-order valence-electron chi connectivity index (χ2n) is 26.9. The van der Waals surface area contributed by atoms with Crippen molar-refractivity contribution in [2.45, 2.75) is 139 Å². The Balaban J connectivity index is 0.000000509. The van der Waals surface area contributed by atoms with Gasteiger partial charge >= 0.3 is 23.9 Å². The maximum absolute atomic E-state index is 12.2. The number of amides is 16. The molecule has 10 heterocycles. The molecule has 10 aliphatic heterocycles. The lowest BCUT2D eigenvalue weighted by molar-refractivity contribution is -0.145. The lowest BCUT2D eigenvalue weighted by Gasteiger charge is -2.29. The Bertz CT molecular complexity index is 4660. The zero-order chi connectivity index (χ0) is 98.5. The number of piperidine rings is 4. The van der Waals surface area contributed by atoms with E-state index in [4.69, 9.17) is 66.4 Å². The Kier molecular flexibility index (Phi) is 48.6. The number of aliphatic hydroxyl groups is 9. The number of aliphatic carboxylic acids is 4. The molecule has 16 amide bonds. The number of nitrogens with zero attached hydrogens (tertiary/aromatic N) is 6. The van der Waals surface area contributed by atoms with Crippen molar-refractivity contribution < 1.29 is 162 Å². The quantitative estimate of drug-likeness (QED) is 0.0609. The van der Waals surface area contributed by atoms with Crippen LogP contribution in [0.4, 0.5) is 0 Å². The molecule has 0 aromatic heterocycles. The first-order valence-electron chi connectivity index (χ1n) is 39.3. The second kappa shape index (κ2) is 56.6. The van der Waals surface area contributed by atoms with E-state index in [1.165, 1.54) is 9.80 Å². The monoisotopic (exact) mass is 1820 g/mol. The number of nitrogens with one attached hydrogen (secondary N) is 4. The topological polar surface area (TPSA) is 672 Å². The number of imide groups is 6. The van der Waals surface area contributed by atoms with Crippen LogP contribution in [0.15, 0.2) is 146 Å². The van der Waals surface area contributed by atoms with E-state index in [0.29, 0.717) is 70.4 Å². The summed E-state index contributed by atoms with van der Waals surface area (Å²) in [7, 11) is 9.00. The maximum atomic E-state index is 12.2. The number of hydrogen-bond donors (Lipinski definition) is 17. The molecule has 4 fully saturated rings. The van der Waals surface area contributed by atoms with Crippen molar-refractivity contribution in [2.75, 3.05) is 64.0 Å². The number of fused-ring (bicyclic) bond motifs is 6. The highest BCUT2D eigenvalue weighted by atomic mass is 16.4. The molecule has 6 aromatic carbocycles. The van der Waals surface area contributed by atoms with Gasteiger partial charge < -0.3 is 86.0 Å². The summed E-state index contributed by atoms with van der Waals surface area (Å²) in [5.74, 6) is -10.6. The minimum Gasteiger partial charge on any atom is -0.481 e. The van der Waals surface area contributed by atoms with E-state index >= 15 is 0 Å². The Morgan fingerprint density at radius 1 is 0.277 bits per heavy atom. The summed E-state index contributed by atoms with van der Waals surface area (Å²) in [6.07, 6.45) is 1.25. The molecule has 6 aromatic rings. The van der Waals surface area contributed by atoms with Crippen LogP contribution in [0.5, 0.6) is 0 Å².